The quantitative estimate of drug-likeness (QED) is 0.527. The van der Waals surface area contributed by atoms with Gasteiger partial charge in [-0.1, -0.05) is 0 Å². The highest BCUT2D eigenvalue weighted by Gasteiger charge is 2.29. The first-order valence-corrected chi connectivity index (χ1v) is 3.34. The van der Waals surface area contributed by atoms with Crippen LogP contribution in [0.4, 0.5) is 0 Å². The molecule has 0 saturated carbocycles. The maximum Gasteiger partial charge on any atom is 0.220 e. The number of rotatable bonds is 0. The molecule has 0 aromatic rings. The van der Waals surface area contributed by atoms with Crippen molar-refractivity contribution in [2.45, 2.75) is 19.8 Å². The number of hydrogen-bond acceptors (Lipinski definition) is 2. The summed E-state index contributed by atoms with van der Waals surface area (Å²) in [6.07, 6.45) is 1.18. The van der Waals surface area contributed by atoms with E-state index in [4.69, 9.17) is 5.26 Å². The van der Waals surface area contributed by atoms with E-state index in [1.807, 2.05) is 6.92 Å². The maximum absolute atomic E-state index is 10.6. The van der Waals surface area contributed by atoms with Gasteiger partial charge in [-0.15, -0.1) is 0 Å². The molecule has 0 radical (unpaired) electrons. The Labute approximate surface area is 60.0 Å². The number of nitriles is 1. The van der Waals surface area contributed by atoms with E-state index in [2.05, 4.69) is 11.4 Å². The van der Waals surface area contributed by atoms with E-state index in [1.165, 1.54) is 0 Å². The predicted molar refractivity (Wildman–Crippen MR) is 36.0 cm³/mol. The number of carbonyl (C=O) groups is 1. The molecule has 0 aromatic heterocycles. The zero-order chi connectivity index (χ0) is 7.61. The highest BCUT2D eigenvalue weighted by Crippen LogP contribution is 2.23. The van der Waals surface area contributed by atoms with Crippen molar-refractivity contribution in [3.8, 4) is 6.07 Å². The van der Waals surface area contributed by atoms with Gasteiger partial charge in [-0.3, -0.25) is 4.79 Å². The molecule has 1 aliphatic rings. The number of amides is 1. The molecule has 1 N–H and O–H groups in total. The molecule has 1 atom stereocenters. The lowest BCUT2D eigenvalue weighted by atomic mass is 9.84. The zero-order valence-corrected chi connectivity index (χ0v) is 5.98. The van der Waals surface area contributed by atoms with Gasteiger partial charge in [0.25, 0.3) is 0 Å². The number of piperidine rings is 1. The van der Waals surface area contributed by atoms with Crippen molar-refractivity contribution in [3.63, 3.8) is 0 Å². The molecule has 1 rings (SSSR count). The van der Waals surface area contributed by atoms with Gasteiger partial charge < -0.3 is 5.32 Å². The fraction of sp³-hybridized carbons (Fsp3) is 0.714. The van der Waals surface area contributed by atoms with Crippen LogP contribution < -0.4 is 5.32 Å². The van der Waals surface area contributed by atoms with Crippen LogP contribution in [-0.2, 0) is 4.79 Å². The molecule has 1 fully saturated rings. The van der Waals surface area contributed by atoms with Crippen LogP contribution in [0.5, 0.6) is 0 Å². The zero-order valence-electron chi connectivity index (χ0n) is 5.98. The summed E-state index contributed by atoms with van der Waals surface area (Å²) in [6, 6.07) is 2.19. The third-order valence-corrected chi connectivity index (χ3v) is 1.85. The molecule has 0 aromatic carbocycles. The molecule has 0 unspecified atom stereocenters. The van der Waals surface area contributed by atoms with E-state index in [9.17, 15) is 4.79 Å². The molecule has 1 heterocycles. The highest BCUT2D eigenvalue weighted by molar-refractivity contribution is 5.76. The number of carbonyl (C=O) groups excluding carboxylic acids is 1. The largest absolute Gasteiger partial charge is 0.355 e. The molecular weight excluding hydrogens is 128 g/mol. The average molecular weight is 138 g/mol. The maximum atomic E-state index is 10.6. The Morgan fingerprint density at radius 1 is 1.80 bits per heavy atom. The van der Waals surface area contributed by atoms with Crippen LogP contribution in [0.2, 0.25) is 0 Å². The van der Waals surface area contributed by atoms with E-state index in [1.54, 1.807) is 0 Å². The van der Waals surface area contributed by atoms with Crippen molar-refractivity contribution in [2.75, 3.05) is 6.54 Å². The second-order valence-corrected chi connectivity index (χ2v) is 2.95. The minimum atomic E-state index is -0.325. The lowest BCUT2D eigenvalue weighted by Gasteiger charge is -2.26. The number of nitrogens with one attached hydrogen (secondary N) is 1. The van der Waals surface area contributed by atoms with Crippen molar-refractivity contribution in [3.05, 3.63) is 0 Å². The van der Waals surface area contributed by atoms with Crippen molar-refractivity contribution in [2.24, 2.45) is 5.41 Å². The van der Waals surface area contributed by atoms with E-state index in [0.29, 0.717) is 19.4 Å². The molecule has 0 aliphatic carbocycles. The van der Waals surface area contributed by atoms with Crippen LogP contribution in [0.25, 0.3) is 0 Å². The second kappa shape index (κ2) is 2.30. The standard InChI is InChI=1S/C7H10N2O/c1-7(4-8)3-2-6(10)9-5-7/h2-3,5H2,1H3,(H,9,10)/t7-/m1/s1. The van der Waals surface area contributed by atoms with Crippen molar-refractivity contribution < 1.29 is 4.79 Å². The van der Waals surface area contributed by atoms with Gasteiger partial charge in [-0.05, 0) is 13.3 Å². The molecule has 54 valence electrons. The lowest BCUT2D eigenvalue weighted by Crippen LogP contribution is -2.40. The van der Waals surface area contributed by atoms with Gasteiger partial charge in [0.1, 0.15) is 0 Å². The lowest BCUT2D eigenvalue weighted by molar-refractivity contribution is -0.123. The van der Waals surface area contributed by atoms with E-state index in [0.717, 1.165) is 0 Å². The van der Waals surface area contributed by atoms with E-state index < -0.39 is 0 Å². The fourth-order valence-electron chi connectivity index (χ4n) is 0.955. The van der Waals surface area contributed by atoms with Gasteiger partial charge >= 0.3 is 0 Å². The van der Waals surface area contributed by atoms with Crippen molar-refractivity contribution in [1.29, 1.82) is 5.26 Å². The van der Waals surface area contributed by atoms with Crippen LogP contribution in [0.3, 0.4) is 0 Å². The third kappa shape index (κ3) is 1.27. The predicted octanol–water partition coefficient (Wildman–Crippen LogP) is 0.426. The van der Waals surface area contributed by atoms with Gasteiger partial charge in [-0.25, -0.2) is 0 Å². The second-order valence-electron chi connectivity index (χ2n) is 2.95. The minimum absolute atomic E-state index is 0.0627. The molecule has 3 nitrogen and oxygen atoms in total. The monoisotopic (exact) mass is 138 g/mol. The number of hydrogen-bond donors (Lipinski definition) is 1. The molecule has 1 saturated heterocycles. The molecule has 10 heavy (non-hydrogen) atoms. The van der Waals surface area contributed by atoms with Crippen LogP contribution in [0.15, 0.2) is 0 Å². The Morgan fingerprint density at radius 2 is 2.50 bits per heavy atom. The summed E-state index contributed by atoms with van der Waals surface area (Å²) in [5.41, 5.74) is -0.325. The Balaban J connectivity index is 2.56. The van der Waals surface area contributed by atoms with Crippen LogP contribution in [0, 0.1) is 16.7 Å². The number of nitrogens with zero attached hydrogens (tertiary/aromatic N) is 1. The molecule has 1 amide bonds. The summed E-state index contributed by atoms with van der Waals surface area (Å²) in [5, 5.41) is 11.3. The highest BCUT2D eigenvalue weighted by atomic mass is 16.1. The summed E-state index contributed by atoms with van der Waals surface area (Å²) < 4.78 is 0. The summed E-state index contributed by atoms with van der Waals surface area (Å²) in [7, 11) is 0. The van der Waals surface area contributed by atoms with Gasteiger partial charge in [-0.2, -0.15) is 5.26 Å². The van der Waals surface area contributed by atoms with E-state index in [-0.39, 0.29) is 11.3 Å². The van der Waals surface area contributed by atoms with Gasteiger partial charge in [0.15, 0.2) is 0 Å². The van der Waals surface area contributed by atoms with Gasteiger partial charge in [0.2, 0.25) is 5.91 Å². The van der Waals surface area contributed by atoms with Crippen LogP contribution >= 0.6 is 0 Å². The first-order chi connectivity index (χ1) is 4.66. The summed E-state index contributed by atoms with van der Waals surface area (Å²) in [4.78, 5) is 10.6. The Morgan fingerprint density at radius 3 is 2.90 bits per heavy atom. The van der Waals surface area contributed by atoms with Crippen molar-refractivity contribution in [1.82, 2.24) is 5.32 Å². The Kier molecular flexibility index (Phi) is 1.62. The molecule has 1 aliphatic heterocycles. The summed E-state index contributed by atoms with van der Waals surface area (Å²) >= 11 is 0. The normalized spacial score (nSPS) is 32.6. The Bertz CT molecular complexity index is 182. The fourth-order valence-corrected chi connectivity index (χ4v) is 0.955. The van der Waals surface area contributed by atoms with Gasteiger partial charge in [0.05, 0.1) is 11.5 Å². The average Bonchev–Trinajstić information content (AvgIpc) is 1.96. The molecule has 3 heteroatoms. The topological polar surface area (TPSA) is 52.9 Å². The Hall–Kier alpha value is -1.04. The van der Waals surface area contributed by atoms with E-state index >= 15 is 0 Å². The smallest absolute Gasteiger partial charge is 0.220 e. The summed E-state index contributed by atoms with van der Waals surface area (Å²) in [6.45, 7) is 2.37. The third-order valence-electron chi connectivity index (χ3n) is 1.85. The molecular formula is C7H10N2O. The molecule has 0 spiro atoms. The van der Waals surface area contributed by atoms with Crippen LogP contribution in [-0.4, -0.2) is 12.5 Å². The van der Waals surface area contributed by atoms with Crippen molar-refractivity contribution >= 4 is 5.91 Å². The first-order valence-electron chi connectivity index (χ1n) is 3.34. The SMILES string of the molecule is C[C@]1(C#N)CCC(=O)NC1. The molecule has 0 bridgehead atoms. The first kappa shape index (κ1) is 7.07. The van der Waals surface area contributed by atoms with Crippen LogP contribution in [0.1, 0.15) is 19.8 Å². The summed E-state index contributed by atoms with van der Waals surface area (Å²) in [5.74, 6) is 0.0627. The minimum Gasteiger partial charge on any atom is -0.355 e. The van der Waals surface area contributed by atoms with Gasteiger partial charge in [0, 0.05) is 13.0 Å².